The molecule has 2 aromatic carbocycles. The zero-order valence-electron chi connectivity index (χ0n) is 15.7. The van der Waals surface area contributed by atoms with Crippen molar-refractivity contribution in [2.45, 2.75) is 51.9 Å². The van der Waals surface area contributed by atoms with Crippen molar-refractivity contribution in [2.24, 2.45) is 0 Å². The highest BCUT2D eigenvalue weighted by Crippen LogP contribution is 2.40. The maximum atomic E-state index is 10.6. The molecule has 0 bridgehead atoms. The van der Waals surface area contributed by atoms with Gasteiger partial charge in [-0.05, 0) is 47.0 Å². The van der Waals surface area contributed by atoms with Gasteiger partial charge in [-0.1, -0.05) is 58.2 Å². The summed E-state index contributed by atoms with van der Waals surface area (Å²) in [6.07, 6.45) is 4.64. The van der Waals surface area contributed by atoms with E-state index in [1.54, 1.807) is 6.07 Å². The summed E-state index contributed by atoms with van der Waals surface area (Å²) in [4.78, 5) is 0.564. The molecule has 0 aliphatic rings. The SMILES string of the molecule is [CH2]c1cc(C(C)(C)CCCCC)cc(-c2cccc3nn(O)nc23)c1O. The van der Waals surface area contributed by atoms with E-state index < -0.39 is 0 Å². The van der Waals surface area contributed by atoms with E-state index in [4.69, 9.17) is 0 Å². The number of benzene rings is 2. The lowest BCUT2D eigenvalue weighted by Gasteiger charge is -2.27. The third-order valence-electron chi connectivity index (χ3n) is 5.07. The van der Waals surface area contributed by atoms with Crippen LogP contribution in [0, 0.1) is 6.92 Å². The molecular formula is C21H26N3O2. The molecule has 3 rings (SSSR count). The van der Waals surface area contributed by atoms with Crippen LogP contribution in [0.2, 0.25) is 0 Å². The number of aromatic hydroxyl groups is 1. The van der Waals surface area contributed by atoms with Crippen molar-refractivity contribution in [3.8, 4) is 16.9 Å². The molecule has 1 heterocycles. The minimum absolute atomic E-state index is 0.0213. The molecule has 0 aliphatic carbocycles. The van der Waals surface area contributed by atoms with Crippen LogP contribution in [0.4, 0.5) is 0 Å². The van der Waals surface area contributed by atoms with E-state index >= 15 is 0 Å². The number of hydrogen-bond donors (Lipinski definition) is 2. The summed E-state index contributed by atoms with van der Waals surface area (Å²) in [6.45, 7) is 10.7. The van der Waals surface area contributed by atoms with E-state index in [-0.39, 0.29) is 11.2 Å². The number of phenolic OH excluding ortho intramolecular Hbond substituents is 1. The highest BCUT2D eigenvalue weighted by atomic mass is 16.5. The Hall–Kier alpha value is -2.56. The second-order valence-electron chi connectivity index (χ2n) is 7.51. The molecule has 2 N–H and O–H groups in total. The molecule has 5 nitrogen and oxygen atoms in total. The van der Waals surface area contributed by atoms with Crippen LogP contribution in [0.3, 0.4) is 0 Å². The lowest BCUT2D eigenvalue weighted by Crippen LogP contribution is -2.17. The number of nitrogens with zero attached hydrogens (tertiary/aromatic N) is 3. The fraction of sp³-hybridized carbons (Fsp3) is 0.381. The number of phenols is 1. The van der Waals surface area contributed by atoms with Crippen molar-refractivity contribution in [3.05, 3.63) is 48.4 Å². The van der Waals surface area contributed by atoms with Crippen molar-refractivity contribution < 1.29 is 10.3 Å². The second kappa shape index (κ2) is 6.98. The smallest absolute Gasteiger partial charge is 0.126 e. The summed E-state index contributed by atoms with van der Waals surface area (Å²) in [7, 11) is 0. The van der Waals surface area contributed by atoms with Crippen molar-refractivity contribution in [1.29, 1.82) is 0 Å². The number of fused-ring (bicyclic) bond motifs is 1. The molecule has 0 unspecified atom stereocenters. The molecule has 0 spiro atoms. The largest absolute Gasteiger partial charge is 0.507 e. The average Bonchev–Trinajstić information content (AvgIpc) is 2.97. The van der Waals surface area contributed by atoms with Crippen LogP contribution < -0.4 is 0 Å². The van der Waals surface area contributed by atoms with Gasteiger partial charge >= 0.3 is 0 Å². The highest BCUT2D eigenvalue weighted by Gasteiger charge is 2.23. The maximum Gasteiger partial charge on any atom is 0.126 e. The van der Waals surface area contributed by atoms with E-state index in [1.165, 1.54) is 19.3 Å². The summed E-state index contributed by atoms with van der Waals surface area (Å²) in [5.41, 5.74) is 4.23. The van der Waals surface area contributed by atoms with E-state index in [0.717, 1.165) is 17.5 Å². The molecule has 1 radical (unpaired) electrons. The first-order valence-electron chi connectivity index (χ1n) is 9.08. The standard InChI is InChI=1S/C21H26N3O2/c1-5-6-7-11-21(3,4)15-12-14(2)20(25)17(13-15)16-9-8-10-18-19(16)23-24(26)22-18/h8-10,12-13,25-26H,2,5-7,11H2,1,3-4H3. The van der Waals surface area contributed by atoms with Gasteiger partial charge in [0.25, 0.3) is 0 Å². The molecule has 3 aromatic rings. The summed E-state index contributed by atoms with van der Waals surface area (Å²) in [6, 6.07) is 9.47. The highest BCUT2D eigenvalue weighted by molar-refractivity contribution is 5.93. The van der Waals surface area contributed by atoms with Gasteiger partial charge in [0.2, 0.25) is 0 Å². The van der Waals surface area contributed by atoms with Crippen molar-refractivity contribution >= 4 is 11.0 Å². The minimum Gasteiger partial charge on any atom is -0.507 e. The minimum atomic E-state index is -0.0213. The van der Waals surface area contributed by atoms with Crippen LogP contribution in [0.5, 0.6) is 5.75 Å². The zero-order chi connectivity index (χ0) is 18.9. The Morgan fingerprint density at radius 1 is 1.12 bits per heavy atom. The van der Waals surface area contributed by atoms with Gasteiger partial charge in [0, 0.05) is 11.1 Å². The number of rotatable bonds is 6. The molecule has 0 amide bonds. The molecule has 0 saturated heterocycles. The average molecular weight is 352 g/mol. The van der Waals surface area contributed by atoms with E-state index in [1.807, 2.05) is 24.3 Å². The third-order valence-corrected chi connectivity index (χ3v) is 5.07. The Labute approximate surface area is 154 Å². The van der Waals surface area contributed by atoms with Gasteiger partial charge in [0.05, 0.1) is 0 Å². The van der Waals surface area contributed by atoms with Crippen LogP contribution in [0.1, 0.15) is 57.6 Å². The van der Waals surface area contributed by atoms with Gasteiger partial charge in [0.15, 0.2) is 0 Å². The Balaban J connectivity index is 2.11. The predicted molar refractivity (Wildman–Crippen MR) is 103 cm³/mol. The predicted octanol–water partition coefficient (Wildman–Crippen LogP) is 5.08. The number of unbranched alkanes of at least 4 members (excludes halogenated alkanes) is 2. The zero-order valence-corrected chi connectivity index (χ0v) is 15.7. The first-order valence-corrected chi connectivity index (χ1v) is 9.08. The van der Waals surface area contributed by atoms with Gasteiger partial charge in [-0.15, -0.1) is 10.2 Å². The summed E-state index contributed by atoms with van der Waals surface area (Å²) >= 11 is 0. The molecule has 5 heteroatoms. The lowest BCUT2D eigenvalue weighted by molar-refractivity contribution is 0.113. The van der Waals surface area contributed by atoms with Crippen LogP contribution in [-0.4, -0.2) is 25.5 Å². The van der Waals surface area contributed by atoms with Gasteiger partial charge < -0.3 is 10.3 Å². The maximum absolute atomic E-state index is 10.6. The summed E-state index contributed by atoms with van der Waals surface area (Å²) in [5, 5.41) is 28.2. The Kier molecular flexibility index (Phi) is 4.90. The van der Waals surface area contributed by atoms with Crippen LogP contribution in [0.25, 0.3) is 22.2 Å². The molecule has 26 heavy (non-hydrogen) atoms. The van der Waals surface area contributed by atoms with Crippen LogP contribution >= 0.6 is 0 Å². The monoisotopic (exact) mass is 352 g/mol. The summed E-state index contributed by atoms with van der Waals surface area (Å²) in [5.74, 6) is 0.137. The molecule has 137 valence electrons. The number of aromatic nitrogens is 3. The van der Waals surface area contributed by atoms with E-state index in [0.29, 0.717) is 27.1 Å². The first kappa shape index (κ1) is 18.2. The molecular weight excluding hydrogens is 326 g/mol. The van der Waals surface area contributed by atoms with Crippen molar-refractivity contribution in [3.63, 3.8) is 0 Å². The summed E-state index contributed by atoms with van der Waals surface area (Å²) < 4.78 is 0. The molecule has 0 fully saturated rings. The van der Waals surface area contributed by atoms with Crippen molar-refractivity contribution in [2.75, 3.05) is 0 Å². The quantitative estimate of drug-likeness (QED) is 0.479. The molecule has 0 aliphatic heterocycles. The lowest BCUT2D eigenvalue weighted by atomic mass is 9.78. The number of hydrogen-bond acceptors (Lipinski definition) is 4. The molecule has 1 aromatic heterocycles. The first-order chi connectivity index (χ1) is 12.3. The molecule has 0 saturated carbocycles. The topological polar surface area (TPSA) is 71.2 Å². The fourth-order valence-electron chi connectivity index (χ4n) is 3.39. The Bertz CT molecular complexity index is 928. The third kappa shape index (κ3) is 3.39. The van der Waals surface area contributed by atoms with Crippen LogP contribution in [-0.2, 0) is 5.41 Å². The van der Waals surface area contributed by atoms with Gasteiger partial charge in [0.1, 0.15) is 16.8 Å². The van der Waals surface area contributed by atoms with Gasteiger partial charge in [-0.25, -0.2) is 0 Å². The Morgan fingerprint density at radius 2 is 1.88 bits per heavy atom. The van der Waals surface area contributed by atoms with Gasteiger partial charge in [-0.2, -0.15) is 0 Å². The van der Waals surface area contributed by atoms with Gasteiger partial charge in [-0.3, -0.25) is 0 Å². The van der Waals surface area contributed by atoms with Crippen molar-refractivity contribution in [1.82, 2.24) is 15.2 Å². The second-order valence-corrected chi connectivity index (χ2v) is 7.51. The Morgan fingerprint density at radius 3 is 2.62 bits per heavy atom. The fourth-order valence-corrected chi connectivity index (χ4v) is 3.39. The normalized spacial score (nSPS) is 12.0. The van der Waals surface area contributed by atoms with E-state index in [9.17, 15) is 10.3 Å². The van der Waals surface area contributed by atoms with Crippen LogP contribution in [0.15, 0.2) is 30.3 Å². The van der Waals surface area contributed by atoms with E-state index in [2.05, 4.69) is 37.9 Å². The molecule has 0 atom stereocenters.